The summed E-state index contributed by atoms with van der Waals surface area (Å²) in [6.45, 7) is 31.5. The Morgan fingerprint density at radius 3 is 0.971 bits per heavy atom. The lowest BCUT2D eigenvalue weighted by Gasteiger charge is -2.29. The summed E-state index contributed by atoms with van der Waals surface area (Å²) in [5, 5.41) is 52.4. The molecule has 12 heterocycles. The minimum absolute atomic E-state index is 0.00649. The first-order chi connectivity index (χ1) is 65.0. The normalized spacial score (nSPS) is 19.1. The molecule has 0 aliphatic carbocycles. The molecule has 12 atom stereocenters. The predicted octanol–water partition coefficient (Wildman–Crippen LogP) is 16.1. The molecule has 6 N–H and O–H groups in total. The average Bonchev–Trinajstić information content (AvgIpc) is 1.66. The molecule has 4 amide bonds. The zero-order valence-corrected chi connectivity index (χ0v) is 83.4. The van der Waals surface area contributed by atoms with Crippen LogP contribution in [-0.4, -0.2) is 217 Å². The first kappa shape index (κ1) is 102. The zero-order valence-electron chi connectivity index (χ0n) is 80.1. The predicted molar refractivity (Wildman–Crippen MR) is 524 cm³/mol. The van der Waals surface area contributed by atoms with Crippen molar-refractivity contribution < 1.29 is 67.7 Å². The van der Waals surface area contributed by atoms with Gasteiger partial charge in [-0.05, 0) is 148 Å². The van der Waals surface area contributed by atoms with E-state index in [9.17, 15) is 58.8 Å². The summed E-state index contributed by atoms with van der Waals surface area (Å²) >= 11 is 6.46. The van der Waals surface area contributed by atoms with Gasteiger partial charge in [-0.25, -0.2) is 29.9 Å². The van der Waals surface area contributed by atoms with E-state index in [1.165, 1.54) is 9.80 Å². The van der Waals surface area contributed by atoms with Gasteiger partial charge in [0.1, 0.15) is 23.4 Å². The molecular formula is C103H125N15O14S4. The molecule has 4 fully saturated rings. The molecule has 8 aromatic heterocycles. The van der Waals surface area contributed by atoms with E-state index < -0.39 is 72.3 Å². The van der Waals surface area contributed by atoms with Crippen molar-refractivity contribution >= 4 is 92.1 Å². The van der Waals surface area contributed by atoms with Crippen LogP contribution in [0.25, 0.3) is 41.8 Å². The molecule has 0 unspecified atom stereocenters. The molecule has 29 nitrogen and oxygen atoms in total. The number of aryl methyl sites for hydroxylation is 12. The van der Waals surface area contributed by atoms with E-state index in [4.69, 9.17) is 8.94 Å². The van der Waals surface area contributed by atoms with Crippen LogP contribution in [0.15, 0.2) is 147 Å². The van der Waals surface area contributed by atoms with Gasteiger partial charge >= 0.3 is 0 Å². The molecule has 16 rings (SSSR count). The first-order valence-electron chi connectivity index (χ1n) is 46.8. The van der Waals surface area contributed by atoms with Crippen molar-refractivity contribution in [2.45, 2.75) is 260 Å². The van der Waals surface area contributed by atoms with Gasteiger partial charge in [-0.2, -0.15) is 10.1 Å². The summed E-state index contributed by atoms with van der Waals surface area (Å²) in [7, 11) is 0. The van der Waals surface area contributed by atoms with Crippen molar-refractivity contribution in [3.05, 3.63) is 229 Å². The Labute approximate surface area is 809 Å². The van der Waals surface area contributed by atoms with Crippen LogP contribution in [0.4, 0.5) is 0 Å². The van der Waals surface area contributed by atoms with E-state index in [-0.39, 0.29) is 116 Å². The highest BCUT2D eigenvalue weighted by Gasteiger charge is 2.48. The van der Waals surface area contributed by atoms with Crippen molar-refractivity contribution in [1.29, 1.82) is 0 Å². The second kappa shape index (κ2) is 46.1. The number of likely N-dealkylation sites (tertiary alicyclic amines) is 4. The number of benzene rings is 4. The molecule has 0 saturated carbocycles. The lowest BCUT2D eigenvalue weighted by molar-refractivity contribution is -0.140. The molecule has 33 heteroatoms. The van der Waals surface area contributed by atoms with Gasteiger partial charge in [-0.3, -0.25) is 43.5 Å². The topological polar surface area (TPSA) is 404 Å². The molecular weight excluding hydrogens is 1800 g/mol. The smallest absolute Gasteiger partial charge is 0.236 e. The number of thiazole rings is 4. The van der Waals surface area contributed by atoms with Gasteiger partial charge < -0.3 is 53.9 Å². The Morgan fingerprint density at radius 1 is 0.397 bits per heavy atom. The molecule has 4 aromatic carbocycles. The number of rotatable bonds is 32. The Bertz CT molecular complexity index is 5340. The summed E-state index contributed by atoms with van der Waals surface area (Å²) in [6.07, 6.45) is 5.22. The minimum Gasteiger partial charge on any atom is -0.445 e. The number of aromatic amines is 2. The lowest BCUT2D eigenvalue weighted by atomic mass is 9.90. The van der Waals surface area contributed by atoms with Crippen LogP contribution in [0.3, 0.4) is 0 Å². The highest BCUT2D eigenvalue weighted by molar-refractivity contribution is 7.14. The fraction of sp³-hybridized carbons (Fsp3) is 0.466. The monoisotopic (exact) mass is 1920 g/mol. The van der Waals surface area contributed by atoms with E-state index in [0.717, 1.165) is 98.2 Å². The Balaban J connectivity index is 0.000000153. The van der Waals surface area contributed by atoms with Crippen LogP contribution in [0, 0.1) is 79.1 Å². The maximum absolute atomic E-state index is 13.5. The van der Waals surface area contributed by atoms with Crippen LogP contribution >= 0.6 is 45.3 Å². The number of aliphatic hydroxyl groups is 4. The highest BCUT2D eigenvalue weighted by atomic mass is 32.1. The summed E-state index contributed by atoms with van der Waals surface area (Å²) in [6, 6.07) is 32.2. The third-order valence-corrected chi connectivity index (χ3v) is 29.7. The first-order valence-corrected chi connectivity index (χ1v) is 50.3. The molecule has 4 aliphatic heterocycles. The van der Waals surface area contributed by atoms with Crippen molar-refractivity contribution in [2.75, 3.05) is 26.2 Å². The van der Waals surface area contributed by atoms with E-state index in [2.05, 4.69) is 104 Å². The molecule has 0 radical (unpaired) electrons. The second-order valence-corrected chi connectivity index (χ2v) is 41.0. The number of imidazole rings is 1. The standard InChI is InChI=1S/2C26H32N4O3S.C26H31N3O4S.C25H30N4O4S/c1-15(2)23(25-27-12-16(3)29-25)26(33)30-13-20(31)11-21(30)22(32)10-7-18-5-8-19(9-6-18)24-17(4)28-14-34-24;1-15(2)24(21-11-16(3)28-29-21)26(33)30-13-20(31)12-22(30)23(32)10-7-18-5-8-19(9-6-18)25-17(4)27-14-34-25;1-15(2)23(25-27-12-16(3)33-25)26(32)29-13-20(30)11-21(29)22(31)10-7-18-5-8-19(9-6-18)24-17(4)28-14-34-24;1-14(2)22(24-27-16(4)33-28-24)25(32)29-12-19(30)11-20(29)21(31)10-7-17-5-8-18(9-6-17)23-15(3)26-13-34-23/h5-6,8-9,12,14-15,20-21,23,31H,7,10-11,13H2,1-4H3,(H,27,29);5-6,8-9,11,14-15,20,22,24,31H,7,10,12-13H2,1-4H3,(H,28,29);5-6,8-9,12,14-15,20-21,23,30H,7,10-11,13H2,1-4H3;5-6,8-9,13-14,19-20,22,30H,7,10-12H2,1-4H3/t20-,21+,23-;20-,22+,24-;20-,21+,23-;19-,20+,22-/m1111/s1. The molecule has 0 spiro atoms. The molecule has 0 bridgehead atoms. The number of hydrogen-bond donors (Lipinski definition) is 6. The van der Waals surface area contributed by atoms with Crippen molar-refractivity contribution in [3.63, 3.8) is 0 Å². The van der Waals surface area contributed by atoms with Gasteiger partial charge in [0.15, 0.2) is 29.0 Å². The largest absolute Gasteiger partial charge is 0.445 e. The number of nitrogens with one attached hydrogen (secondary N) is 2. The van der Waals surface area contributed by atoms with Crippen molar-refractivity contribution in [3.8, 4) is 41.8 Å². The Hall–Kier alpha value is -11.4. The zero-order chi connectivity index (χ0) is 97.6. The number of carbonyl (C=O) groups excluding carboxylic acids is 8. The van der Waals surface area contributed by atoms with Gasteiger partial charge in [0.25, 0.3) is 0 Å². The van der Waals surface area contributed by atoms with Crippen LogP contribution in [0.2, 0.25) is 0 Å². The quantitative estimate of drug-likeness (QED) is 0.0228. The Kier molecular flexibility index (Phi) is 34.6. The van der Waals surface area contributed by atoms with Gasteiger partial charge in [0.05, 0.1) is 137 Å². The molecule has 4 saturated heterocycles. The number of amides is 4. The molecule has 12 aromatic rings. The van der Waals surface area contributed by atoms with Crippen LogP contribution < -0.4 is 0 Å². The average molecular weight is 1930 g/mol. The third kappa shape index (κ3) is 25.1. The van der Waals surface area contributed by atoms with Crippen LogP contribution in [-0.2, 0) is 64.0 Å². The fourth-order valence-corrected chi connectivity index (χ4v) is 21.7. The number of ketones is 4. The number of aliphatic hydroxyl groups excluding tert-OH is 4. The van der Waals surface area contributed by atoms with Gasteiger partial charge in [-0.15, -0.1) is 45.3 Å². The summed E-state index contributed by atoms with van der Waals surface area (Å²) in [4.78, 5) is 151. The molecule has 720 valence electrons. The number of aromatic nitrogens is 11. The number of carbonyl (C=O) groups is 8. The Morgan fingerprint density at radius 2 is 0.713 bits per heavy atom. The van der Waals surface area contributed by atoms with E-state index in [0.29, 0.717) is 92.7 Å². The summed E-state index contributed by atoms with van der Waals surface area (Å²) in [5.74, 6) is -0.758. The maximum atomic E-state index is 13.5. The van der Waals surface area contributed by atoms with Gasteiger partial charge in [0, 0.05) is 102 Å². The highest BCUT2D eigenvalue weighted by Crippen LogP contribution is 2.39. The minimum atomic E-state index is -0.723. The number of hydrogen-bond acceptors (Lipinski definition) is 27. The van der Waals surface area contributed by atoms with Crippen molar-refractivity contribution in [2.24, 2.45) is 23.7 Å². The maximum Gasteiger partial charge on any atom is 0.236 e. The number of nitrogens with zero attached hydrogens (tertiary/aromatic N) is 13. The third-order valence-electron chi connectivity index (χ3n) is 25.7. The summed E-state index contributed by atoms with van der Waals surface area (Å²) in [5.41, 5.74) is 22.6. The second-order valence-electron chi connectivity index (χ2n) is 37.6. The van der Waals surface area contributed by atoms with Crippen LogP contribution in [0.1, 0.15) is 222 Å². The van der Waals surface area contributed by atoms with E-state index >= 15 is 0 Å². The summed E-state index contributed by atoms with van der Waals surface area (Å²) < 4.78 is 10.7. The SMILES string of the molecule is Cc1cc([C@H](C(=O)N2C[C@H](O)C[C@H]2C(=O)CCc2ccc(-c3scnc3C)cc2)C(C)C)n[nH]1.Cc1cnc([C@H](C(=O)N2C[C@H](O)C[C@H]2C(=O)CCc2ccc(-c3scnc3C)cc2)C(C)C)[nH]1.Cc1cnc([C@H](C(=O)N2C[C@H](O)C[C@H]2C(=O)CCc2ccc(-c3scnc3C)cc2)C(C)C)o1.Cc1nc([C@H](C(=O)N2C[C@H](O)C[C@H]2C(=O)CCc2ccc(-c3scnc3C)cc2)C(C)C)no1. The number of H-pyrrole nitrogens is 2. The number of Topliss-reactive ketones (excluding diaryl/α,β-unsaturated/α-hetero) is 4. The lowest BCUT2D eigenvalue weighted by Crippen LogP contribution is -2.44. The molecule has 136 heavy (non-hydrogen) atoms. The van der Waals surface area contributed by atoms with E-state index in [1.807, 2.05) is 174 Å². The molecule has 4 aliphatic rings. The van der Waals surface area contributed by atoms with Gasteiger partial charge in [-0.1, -0.05) is 158 Å². The number of oxazole rings is 1. The fourth-order valence-electron chi connectivity index (χ4n) is 18.5. The van der Waals surface area contributed by atoms with E-state index in [1.54, 1.807) is 81.4 Å². The van der Waals surface area contributed by atoms with Crippen LogP contribution in [0.5, 0.6) is 0 Å². The number of β-amino-alcohol motifs (C(OH)–C–C–N with tert-alkyl or cyclic N) is 4. The van der Waals surface area contributed by atoms with Crippen molar-refractivity contribution in [1.82, 2.24) is 74.8 Å². The van der Waals surface area contributed by atoms with Gasteiger partial charge in [0.2, 0.25) is 35.4 Å².